The van der Waals surface area contributed by atoms with E-state index in [1.807, 2.05) is 0 Å². The Labute approximate surface area is 72.9 Å². The van der Waals surface area contributed by atoms with E-state index in [9.17, 15) is 4.79 Å². The van der Waals surface area contributed by atoms with Crippen LogP contribution in [0.15, 0.2) is 0 Å². The van der Waals surface area contributed by atoms with Gasteiger partial charge in [0, 0.05) is 12.6 Å². The number of nitrogens with one attached hydrogen (secondary N) is 2. The molecule has 0 aromatic carbocycles. The second-order valence-corrected chi connectivity index (χ2v) is 3.83. The number of hydrogen-bond donors (Lipinski definition) is 2. The third kappa shape index (κ3) is 1.97. The minimum atomic E-state index is 0.236. The third-order valence-corrected chi connectivity index (χ3v) is 2.59. The van der Waals surface area contributed by atoms with E-state index in [0.717, 1.165) is 25.9 Å². The summed E-state index contributed by atoms with van der Waals surface area (Å²) in [5.74, 6) is 0.504. The third-order valence-electron chi connectivity index (χ3n) is 2.59. The fourth-order valence-corrected chi connectivity index (χ4v) is 1.62. The van der Waals surface area contributed by atoms with E-state index in [0.29, 0.717) is 6.04 Å². The number of piperidine rings is 1. The van der Waals surface area contributed by atoms with Crippen molar-refractivity contribution in [1.82, 2.24) is 10.6 Å². The lowest BCUT2D eigenvalue weighted by Gasteiger charge is -2.21. The lowest BCUT2D eigenvalue weighted by molar-refractivity contribution is -0.125. The van der Waals surface area contributed by atoms with Crippen LogP contribution in [0, 0.1) is 5.92 Å². The molecule has 2 rings (SSSR count). The molecule has 2 N–H and O–H groups in total. The smallest absolute Gasteiger partial charge is 0.224 e. The molecule has 1 aliphatic carbocycles. The van der Waals surface area contributed by atoms with E-state index < -0.39 is 0 Å². The molecule has 1 saturated carbocycles. The van der Waals surface area contributed by atoms with E-state index >= 15 is 0 Å². The molecule has 1 aliphatic heterocycles. The highest BCUT2D eigenvalue weighted by Gasteiger charge is 2.27. The monoisotopic (exact) mass is 168 g/mol. The zero-order valence-electron chi connectivity index (χ0n) is 7.31. The van der Waals surface area contributed by atoms with Gasteiger partial charge in [-0.25, -0.2) is 0 Å². The Bertz CT molecular complexity index is 171. The molecule has 3 nitrogen and oxygen atoms in total. The minimum absolute atomic E-state index is 0.236. The topological polar surface area (TPSA) is 41.1 Å². The van der Waals surface area contributed by atoms with Gasteiger partial charge < -0.3 is 10.6 Å². The molecule has 0 aromatic heterocycles. The molecule has 3 heteroatoms. The molecule has 0 bridgehead atoms. The van der Waals surface area contributed by atoms with Crippen LogP contribution in [0.5, 0.6) is 0 Å². The number of rotatable bonds is 2. The van der Waals surface area contributed by atoms with Crippen molar-refractivity contribution in [3.8, 4) is 0 Å². The van der Waals surface area contributed by atoms with Crippen molar-refractivity contribution in [3.05, 3.63) is 0 Å². The summed E-state index contributed by atoms with van der Waals surface area (Å²) < 4.78 is 0. The van der Waals surface area contributed by atoms with E-state index in [1.54, 1.807) is 0 Å². The van der Waals surface area contributed by atoms with Crippen molar-refractivity contribution in [3.63, 3.8) is 0 Å². The van der Waals surface area contributed by atoms with Crippen molar-refractivity contribution < 1.29 is 4.79 Å². The van der Waals surface area contributed by atoms with Crippen molar-refractivity contribution in [2.24, 2.45) is 5.92 Å². The van der Waals surface area contributed by atoms with E-state index in [2.05, 4.69) is 10.6 Å². The van der Waals surface area contributed by atoms with Gasteiger partial charge >= 0.3 is 0 Å². The van der Waals surface area contributed by atoms with E-state index in [4.69, 9.17) is 0 Å². The normalized spacial score (nSPS) is 29.8. The first-order valence-corrected chi connectivity index (χ1v) is 4.87. The van der Waals surface area contributed by atoms with Gasteiger partial charge in [0.25, 0.3) is 0 Å². The Morgan fingerprint density at radius 2 is 2.17 bits per heavy atom. The average Bonchev–Trinajstić information content (AvgIpc) is 2.90. The molecular formula is C9H16N2O. The van der Waals surface area contributed by atoms with Gasteiger partial charge in [-0.15, -0.1) is 0 Å². The second kappa shape index (κ2) is 3.44. The van der Waals surface area contributed by atoms with Crippen molar-refractivity contribution in [2.75, 3.05) is 13.1 Å². The zero-order chi connectivity index (χ0) is 8.39. The quantitative estimate of drug-likeness (QED) is 0.621. The Balaban J connectivity index is 1.76. The molecule has 2 aliphatic rings. The van der Waals surface area contributed by atoms with Crippen LogP contribution in [-0.4, -0.2) is 25.0 Å². The number of hydrogen-bond acceptors (Lipinski definition) is 2. The highest BCUT2D eigenvalue weighted by Crippen LogP contribution is 2.20. The first kappa shape index (κ1) is 8.05. The van der Waals surface area contributed by atoms with Gasteiger partial charge in [-0.05, 0) is 32.2 Å². The van der Waals surface area contributed by atoms with Gasteiger partial charge in [0.2, 0.25) is 5.91 Å². The van der Waals surface area contributed by atoms with Gasteiger partial charge in [-0.3, -0.25) is 4.79 Å². The molecule has 12 heavy (non-hydrogen) atoms. The van der Waals surface area contributed by atoms with Gasteiger partial charge in [-0.2, -0.15) is 0 Å². The Morgan fingerprint density at radius 1 is 1.33 bits per heavy atom. The summed E-state index contributed by atoms with van der Waals surface area (Å²) in [6.45, 7) is 1.95. The van der Waals surface area contributed by atoms with Crippen LogP contribution in [-0.2, 0) is 4.79 Å². The Hall–Kier alpha value is -0.570. The first-order valence-electron chi connectivity index (χ1n) is 4.87. The molecule has 2 fully saturated rings. The van der Waals surface area contributed by atoms with Crippen LogP contribution in [0.1, 0.15) is 25.7 Å². The summed E-state index contributed by atoms with van der Waals surface area (Å²) in [5, 5.41) is 6.29. The molecule has 0 unspecified atom stereocenters. The van der Waals surface area contributed by atoms with Crippen LogP contribution in [0.3, 0.4) is 0 Å². The molecule has 0 spiro atoms. The van der Waals surface area contributed by atoms with Crippen LogP contribution in [0.2, 0.25) is 0 Å². The van der Waals surface area contributed by atoms with Crippen LogP contribution >= 0.6 is 0 Å². The van der Waals surface area contributed by atoms with Crippen molar-refractivity contribution in [2.45, 2.75) is 31.7 Å². The largest absolute Gasteiger partial charge is 0.353 e. The molecule has 1 heterocycles. The maximum Gasteiger partial charge on any atom is 0.224 e. The van der Waals surface area contributed by atoms with Crippen molar-refractivity contribution >= 4 is 5.91 Å². The minimum Gasteiger partial charge on any atom is -0.353 e. The van der Waals surface area contributed by atoms with Crippen LogP contribution in [0.25, 0.3) is 0 Å². The summed E-state index contributed by atoms with van der Waals surface area (Å²) in [4.78, 5) is 11.5. The summed E-state index contributed by atoms with van der Waals surface area (Å²) in [6.07, 6.45) is 4.58. The maximum atomic E-state index is 11.5. The van der Waals surface area contributed by atoms with E-state index in [1.165, 1.54) is 12.8 Å². The van der Waals surface area contributed by atoms with Crippen LogP contribution < -0.4 is 10.6 Å². The van der Waals surface area contributed by atoms with E-state index in [-0.39, 0.29) is 11.8 Å². The average molecular weight is 168 g/mol. The SMILES string of the molecule is O=C(NC1CC1)[C@@H]1CCCNC1. The van der Waals surface area contributed by atoms with Crippen LogP contribution in [0.4, 0.5) is 0 Å². The predicted octanol–water partition coefficient (Wildman–Crippen LogP) is 0.265. The lowest BCUT2D eigenvalue weighted by atomic mass is 9.99. The molecule has 1 amide bonds. The summed E-state index contributed by atoms with van der Waals surface area (Å²) in [7, 11) is 0. The Morgan fingerprint density at radius 3 is 2.75 bits per heavy atom. The fourth-order valence-electron chi connectivity index (χ4n) is 1.62. The Kier molecular flexibility index (Phi) is 2.30. The molecule has 0 aromatic rings. The molecule has 68 valence electrons. The van der Waals surface area contributed by atoms with Gasteiger partial charge in [0.15, 0.2) is 0 Å². The number of carbonyl (C=O) groups is 1. The summed E-state index contributed by atoms with van der Waals surface area (Å²) in [5.41, 5.74) is 0. The fraction of sp³-hybridized carbons (Fsp3) is 0.889. The first-order chi connectivity index (χ1) is 5.86. The number of amides is 1. The van der Waals surface area contributed by atoms with Gasteiger partial charge in [0.1, 0.15) is 0 Å². The molecule has 0 radical (unpaired) electrons. The predicted molar refractivity (Wildman–Crippen MR) is 46.8 cm³/mol. The van der Waals surface area contributed by atoms with Gasteiger partial charge in [-0.1, -0.05) is 0 Å². The van der Waals surface area contributed by atoms with Crippen molar-refractivity contribution in [1.29, 1.82) is 0 Å². The molecular weight excluding hydrogens is 152 g/mol. The highest BCUT2D eigenvalue weighted by atomic mass is 16.2. The lowest BCUT2D eigenvalue weighted by Crippen LogP contribution is -2.41. The standard InChI is InChI=1S/C9H16N2O/c12-9(11-8-3-4-8)7-2-1-5-10-6-7/h7-8,10H,1-6H2,(H,11,12)/t7-/m1/s1. The highest BCUT2D eigenvalue weighted by molar-refractivity contribution is 5.79. The zero-order valence-corrected chi connectivity index (χ0v) is 7.31. The number of carbonyl (C=O) groups excluding carboxylic acids is 1. The summed E-state index contributed by atoms with van der Waals surface area (Å²) in [6, 6.07) is 0.513. The molecule has 1 saturated heterocycles. The maximum absolute atomic E-state index is 11.5. The summed E-state index contributed by atoms with van der Waals surface area (Å²) >= 11 is 0. The second-order valence-electron chi connectivity index (χ2n) is 3.83. The van der Waals surface area contributed by atoms with Gasteiger partial charge in [0.05, 0.1) is 5.92 Å². The molecule has 1 atom stereocenters.